The van der Waals surface area contributed by atoms with Gasteiger partial charge in [0.2, 0.25) is 0 Å². The zero-order chi connectivity index (χ0) is 14.8. The van der Waals surface area contributed by atoms with Crippen LogP contribution in [0.2, 0.25) is 0 Å². The number of H-pyrrole nitrogens is 1. The minimum absolute atomic E-state index is 0.327. The van der Waals surface area contributed by atoms with Crippen LogP contribution in [0, 0.1) is 0 Å². The smallest absolute Gasteiger partial charge is 0.355 e. The van der Waals surface area contributed by atoms with Crippen molar-refractivity contribution in [2.24, 2.45) is 0 Å². The fourth-order valence-electron chi connectivity index (χ4n) is 2.41. The Kier molecular flexibility index (Phi) is 3.80. The van der Waals surface area contributed by atoms with E-state index in [-0.39, 0.29) is 5.97 Å². The van der Waals surface area contributed by atoms with Crippen molar-refractivity contribution in [3.05, 3.63) is 58.7 Å². The molecule has 0 radical (unpaired) electrons. The number of carbonyl (C=O) groups excluding carboxylic acids is 1. The highest BCUT2D eigenvalue weighted by Crippen LogP contribution is 2.33. The number of para-hydroxylation sites is 1. The monoisotopic (exact) mass is 343 g/mol. The Bertz CT molecular complexity index is 790. The topological polar surface area (TPSA) is 42.1 Å². The van der Waals surface area contributed by atoms with Crippen molar-refractivity contribution in [2.45, 2.75) is 6.92 Å². The minimum atomic E-state index is -0.327. The summed E-state index contributed by atoms with van der Waals surface area (Å²) in [6.07, 6.45) is 0. The molecule has 0 amide bonds. The number of hydrogen-bond acceptors (Lipinski definition) is 2. The van der Waals surface area contributed by atoms with E-state index in [2.05, 4.69) is 20.9 Å². The number of carbonyl (C=O) groups is 1. The summed E-state index contributed by atoms with van der Waals surface area (Å²) in [5.41, 5.74) is 3.30. The van der Waals surface area contributed by atoms with Crippen LogP contribution in [0.25, 0.3) is 22.0 Å². The van der Waals surface area contributed by atoms with E-state index >= 15 is 0 Å². The second-order valence-electron chi connectivity index (χ2n) is 4.65. The van der Waals surface area contributed by atoms with E-state index in [1.165, 1.54) is 0 Å². The average molecular weight is 344 g/mol. The lowest BCUT2D eigenvalue weighted by Gasteiger charge is -2.05. The molecule has 1 aromatic heterocycles. The zero-order valence-corrected chi connectivity index (χ0v) is 13.1. The summed E-state index contributed by atoms with van der Waals surface area (Å²) in [5.74, 6) is -0.327. The van der Waals surface area contributed by atoms with Crippen molar-refractivity contribution in [1.82, 2.24) is 4.98 Å². The van der Waals surface area contributed by atoms with Crippen LogP contribution in [0.1, 0.15) is 17.4 Å². The van der Waals surface area contributed by atoms with Crippen LogP contribution in [0.4, 0.5) is 0 Å². The molecule has 3 rings (SSSR count). The summed E-state index contributed by atoms with van der Waals surface area (Å²) in [4.78, 5) is 15.4. The van der Waals surface area contributed by atoms with Gasteiger partial charge in [0.05, 0.1) is 6.61 Å². The van der Waals surface area contributed by atoms with Gasteiger partial charge in [-0.15, -0.1) is 0 Å². The van der Waals surface area contributed by atoms with Gasteiger partial charge in [-0.25, -0.2) is 4.79 Å². The second kappa shape index (κ2) is 5.74. The average Bonchev–Trinajstić information content (AvgIpc) is 2.88. The summed E-state index contributed by atoms with van der Waals surface area (Å²) < 4.78 is 6.17. The van der Waals surface area contributed by atoms with E-state index in [1.807, 2.05) is 48.5 Å². The van der Waals surface area contributed by atoms with Gasteiger partial charge in [0.1, 0.15) is 5.69 Å². The highest BCUT2D eigenvalue weighted by Gasteiger charge is 2.19. The quantitative estimate of drug-likeness (QED) is 0.695. The van der Waals surface area contributed by atoms with Crippen LogP contribution in [0.15, 0.2) is 53.0 Å². The first-order chi connectivity index (χ1) is 10.2. The number of fused-ring (bicyclic) bond motifs is 1. The predicted octanol–water partition coefficient (Wildman–Crippen LogP) is 4.77. The maximum Gasteiger partial charge on any atom is 0.355 e. The van der Waals surface area contributed by atoms with Gasteiger partial charge in [-0.05, 0) is 30.7 Å². The molecule has 0 aliphatic rings. The van der Waals surface area contributed by atoms with E-state index in [0.717, 1.165) is 26.5 Å². The first-order valence-corrected chi connectivity index (χ1v) is 7.53. The van der Waals surface area contributed by atoms with Crippen molar-refractivity contribution in [3.8, 4) is 11.1 Å². The Morgan fingerprint density at radius 2 is 1.86 bits per heavy atom. The van der Waals surface area contributed by atoms with Gasteiger partial charge in [-0.3, -0.25) is 0 Å². The van der Waals surface area contributed by atoms with Gasteiger partial charge in [0.25, 0.3) is 0 Å². The Hall–Kier alpha value is -2.07. The molecule has 21 heavy (non-hydrogen) atoms. The molecule has 106 valence electrons. The molecule has 1 heterocycles. The lowest BCUT2D eigenvalue weighted by atomic mass is 10.0. The number of benzene rings is 2. The lowest BCUT2D eigenvalue weighted by Crippen LogP contribution is -2.06. The number of ether oxygens (including phenoxy) is 1. The van der Waals surface area contributed by atoms with Crippen LogP contribution >= 0.6 is 15.9 Å². The summed E-state index contributed by atoms with van der Waals surface area (Å²) >= 11 is 3.43. The fourth-order valence-corrected chi connectivity index (χ4v) is 2.68. The van der Waals surface area contributed by atoms with Crippen molar-refractivity contribution >= 4 is 32.8 Å². The van der Waals surface area contributed by atoms with E-state index in [1.54, 1.807) is 6.92 Å². The molecule has 0 saturated heterocycles. The molecule has 0 saturated carbocycles. The maximum absolute atomic E-state index is 12.2. The van der Waals surface area contributed by atoms with Gasteiger partial charge >= 0.3 is 5.97 Å². The molecule has 0 fully saturated rings. The standard InChI is InChI=1S/C17H14BrNO2/c1-2-21-17(20)16-15(11-7-9-12(18)10-8-11)13-5-3-4-6-14(13)19-16/h3-10,19H,2H2,1H3. The molecule has 0 aliphatic heterocycles. The molecule has 0 aliphatic carbocycles. The molecular formula is C17H14BrNO2. The number of nitrogens with one attached hydrogen (secondary N) is 1. The molecule has 0 unspecified atom stereocenters. The second-order valence-corrected chi connectivity index (χ2v) is 5.56. The first kappa shape index (κ1) is 13.9. The van der Waals surface area contributed by atoms with Gasteiger partial charge in [-0.2, -0.15) is 0 Å². The molecule has 2 aromatic carbocycles. The first-order valence-electron chi connectivity index (χ1n) is 6.74. The molecule has 4 heteroatoms. The summed E-state index contributed by atoms with van der Waals surface area (Å²) in [5, 5.41) is 1.02. The number of aromatic nitrogens is 1. The van der Waals surface area contributed by atoms with Crippen molar-refractivity contribution in [1.29, 1.82) is 0 Å². The largest absolute Gasteiger partial charge is 0.461 e. The summed E-state index contributed by atoms with van der Waals surface area (Å²) in [7, 11) is 0. The fraction of sp³-hybridized carbons (Fsp3) is 0.118. The molecule has 0 atom stereocenters. The van der Waals surface area contributed by atoms with Gasteiger partial charge < -0.3 is 9.72 Å². The van der Waals surface area contributed by atoms with E-state index < -0.39 is 0 Å². The van der Waals surface area contributed by atoms with Crippen LogP contribution in [0.3, 0.4) is 0 Å². The number of halogens is 1. The molecule has 3 aromatic rings. The Morgan fingerprint density at radius 3 is 2.57 bits per heavy atom. The molecular weight excluding hydrogens is 330 g/mol. The van der Waals surface area contributed by atoms with Crippen LogP contribution < -0.4 is 0 Å². The third kappa shape index (κ3) is 2.59. The van der Waals surface area contributed by atoms with Crippen molar-refractivity contribution < 1.29 is 9.53 Å². The van der Waals surface area contributed by atoms with Gasteiger partial charge in [0, 0.05) is 20.9 Å². The van der Waals surface area contributed by atoms with Gasteiger partial charge in [-0.1, -0.05) is 46.3 Å². The zero-order valence-electron chi connectivity index (χ0n) is 11.5. The molecule has 0 spiro atoms. The number of hydrogen-bond donors (Lipinski definition) is 1. The Labute approximate surface area is 131 Å². The van der Waals surface area contributed by atoms with Crippen molar-refractivity contribution in [3.63, 3.8) is 0 Å². The highest BCUT2D eigenvalue weighted by molar-refractivity contribution is 9.10. The highest BCUT2D eigenvalue weighted by atomic mass is 79.9. The van der Waals surface area contributed by atoms with Crippen molar-refractivity contribution in [2.75, 3.05) is 6.61 Å². The van der Waals surface area contributed by atoms with Gasteiger partial charge in [0.15, 0.2) is 0 Å². The van der Waals surface area contributed by atoms with E-state index in [0.29, 0.717) is 12.3 Å². The SMILES string of the molecule is CCOC(=O)c1[nH]c2ccccc2c1-c1ccc(Br)cc1. The maximum atomic E-state index is 12.2. The lowest BCUT2D eigenvalue weighted by molar-refractivity contribution is 0.0521. The summed E-state index contributed by atoms with van der Waals surface area (Å²) in [6.45, 7) is 2.16. The van der Waals surface area contributed by atoms with E-state index in [4.69, 9.17) is 4.74 Å². The number of esters is 1. The third-order valence-corrected chi connectivity index (χ3v) is 3.85. The molecule has 0 bridgehead atoms. The minimum Gasteiger partial charge on any atom is -0.461 e. The van der Waals surface area contributed by atoms with E-state index in [9.17, 15) is 4.79 Å². The number of rotatable bonds is 3. The third-order valence-electron chi connectivity index (χ3n) is 3.32. The van der Waals surface area contributed by atoms with Crippen LogP contribution in [0.5, 0.6) is 0 Å². The number of aromatic amines is 1. The normalized spacial score (nSPS) is 10.8. The van der Waals surface area contributed by atoms with Crippen LogP contribution in [-0.2, 0) is 4.74 Å². The van der Waals surface area contributed by atoms with Crippen LogP contribution in [-0.4, -0.2) is 17.6 Å². The molecule has 1 N–H and O–H groups in total. The predicted molar refractivity (Wildman–Crippen MR) is 87.4 cm³/mol. The molecule has 3 nitrogen and oxygen atoms in total. The Morgan fingerprint density at radius 1 is 1.14 bits per heavy atom. The Balaban J connectivity index is 2.24. The summed E-state index contributed by atoms with van der Waals surface area (Å²) in [6, 6.07) is 15.8.